The summed E-state index contributed by atoms with van der Waals surface area (Å²) in [4.78, 5) is 18.5. The summed E-state index contributed by atoms with van der Waals surface area (Å²) in [6, 6.07) is 11.3. The van der Waals surface area contributed by atoms with Gasteiger partial charge in [0.05, 0.1) is 6.61 Å². The van der Waals surface area contributed by atoms with Crippen molar-refractivity contribution in [3.05, 3.63) is 59.4 Å². The van der Waals surface area contributed by atoms with E-state index in [1.165, 1.54) is 0 Å². The molecule has 1 aliphatic heterocycles. The minimum Gasteiger partial charge on any atom is -0.493 e. The van der Waals surface area contributed by atoms with Gasteiger partial charge < -0.3 is 19.5 Å². The third-order valence-corrected chi connectivity index (χ3v) is 5.00. The predicted molar refractivity (Wildman–Crippen MR) is 105 cm³/mol. The van der Waals surface area contributed by atoms with Crippen LogP contribution in [-0.2, 0) is 13.6 Å². The summed E-state index contributed by atoms with van der Waals surface area (Å²) < 4.78 is 7.71. The number of ether oxygens (including phenoxy) is 1. The van der Waals surface area contributed by atoms with Crippen molar-refractivity contribution in [1.82, 2.24) is 19.8 Å². The van der Waals surface area contributed by atoms with Gasteiger partial charge in [-0.05, 0) is 42.0 Å². The molecular formula is C20H21ClN4O2. The average Bonchev–Trinajstić information content (AvgIpc) is 3.00. The van der Waals surface area contributed by atoms with Crippen LogP contribution >= 0.6 is 11.6 Å². The molecule has 0 radical (unpaired) electrons. The second-order valence-corrected chi connectivity index (χ2v) is 7.31. The largest absolute Gasteiger partial charge is 0.493 e. The van der Waals surface area contributed by atoms with Gasteiger partial charge in [-0.2, -0.15) is 0 Å². The van der Waals surface area contributed by atoms with Crippen molar-refractivity contribution < 1.29 is 9.53 Å². The number of nitrogens with one attached hydrogen (secondary N) is 1. The van der Waals surface area contributed by atoms with E-state index in [1.807, 2.05) is 42.2 Å². The van der Waals surface area contributed by atoms with Crippen LogP contribution in [0.5, 0.6) is 5.75 Å². The molecular weight excluding hydrogens is 364 g/mol. The van der Waals surface area contributed by atoms with E-state index in [9.17, 15) is 4.79 Å². The summed E-state index contributed by atoms with van der Waals surface area (Å²) in [6.07, 6.45) is 3.79. The average molecular weight is 385 g/mol. The smallest absolute Gasteiger partial charge is 0.317 e. The van der Waals surface area contributed by atoms with Gasteiger partial charge in [0.25, 0.3) is 0 Å². The highest BCUT2D eigenvalue weighted by Gasteiger charge is 2.30. The standard InChI is InChI=1S/C20H21ClN4O2/c1-24-7-6-16-8-14(9-22-19(16)24)10-23-20(26)25-11-15(12-25)13-27-18-4-2-17(21)3-5-18/h2-9,15H,10-13H2,1H3,(H,23,26). The third kappa shape index (κ3) is 4.01. The molecule has 3 aromatic rings. The highest BCUT2D eigenvalue weighted by Crippen LogP contribution is 2.20. The molecule has 0 unspecified atom stereocenters. The Kier molecular flexibility index (Phi) is 4.90. The number of rotatable bonds is 5. The number of carbonyl (C=O) groups is 1. The van der Waals surface area contributed by atoms with Crippen molar-refractivity contribution in [2.45, 2.75) is 6.54 Å². The van der Waals surface area contributed by atoms with Gasteiger partial charge in [-0.15, -0.1) is 0 Å². The number of nitrogens with zero attached hydrogens (tertiary/aromatic N) is 3. The highest BCUT2D eigenvalue weighted by atomic mass is 35.5. The number of aromatic nitrogens is 2. The van der Waals surface area contributed by atoms with Gasteiger partial charge in [-0.3, -0.25) is 0 Å². The number of hydrogen-bond acceptors (Lipinski definition) is 3. The molecule has 1 aliphatic rings. The molecule has 1 N–H and O–H groups in total. The van der Waals surface area contributed by atoms with Gasteiger partial charge in [0.15, 0.2) is 0 Å². The number of fused-ring (bicyclic) bond motifs is 1. The maximum atomic E-state index is 12.3. The van der Waals surface area contributed by atoms with E-state index in [0.29, 0.717) is 37.2 Å². The van der Waals surface area contributed by atoms with Gasteiger partial charge in [-0.25, -0.2) is 9.78 Å². The van der Waals surface area contributed by atoms with Crippen LogP contribution < -0.4 is 10.1 Å². The zero-order valence-electron chi connectivity index (χ0n) is 15.1. The quantitative estimate of drug-likeness (QED) is 0.733. The fourth-order valence-electron chi connectivity index (χ4n) is 3.17. The van der Waals surface area contributed by atoms with Crippen molar-refractivity contribution >= 4 is 28.7 Å². The van der Waals surface area contributed by atoms with Gasteiger partial charge >= 0.3 is 6.03 Å². The van der Waals surface area contributed by atoms with Crippen LogP contribution in [0.4, 0.5) is 4.79 Å². The van der Waals surface area contributed by atoms with Crippen molar-refractivity contribution in [1.29, 1.82) is 0 Å². The van der Waals surface area contributed by atoms with E-state index in [2.05, 4.69) is 16.4 Å². The normalized spacial score (nSPS) is 14.2. The Balaban J connectivity index is 1.21. The first-order chi connectivity index (χ1) is 13.1. The number of amides is 2. The molecule has 27 heavy (non-hydrogen) atoms. The molecule has 7 heteroatoms. The molecule has 1 saturated heterocycles. The summed E-state index contributed by atoms with van der Waals surface area (Å²) in [6.45, 7) is 2.48. The summed E-state index contributed by atoms with van der Waals surface area (Å²) in [7, 11) is 1.97. The molecule has 0 bridgehead atoms. The molecule has 2 aromatic heterocycles. The molecule has 140 valence electrons. The molecule has 6 nitrogen and oxygen atoms in total. The Morgan fingerprint density at radius 1 is 1.30 bits per heavy atom. The lowest BCUT2D eigenvalue weighted by molar-refractivity contribution is 0.0855. The maximum Gasteiger partial charge on any atom is 0.317 e. The van der Waals surface area contributed by atoms with Crippen LogP contribution in [0.15, 0.2) is 48.8 Å². The van der Waals surface area contributed by atoms with Crippen LogP contribution in [0.3, 0.4) is 0 Å². The molecule has 0 aliphatic carbocycles. The zero-order valence-corrected chi connectivity index (χ0v) is 15.8. The number of hydrogen-bond donors (Lipinski definition) is 1. The summed E-state index contributed by atoms with van der Waals surface area (Å²) >= 11 is 5.86. The van der Waals surface area contributed by atoms with E-state index in [-0.39, 0.29) is 6.03 Å². The van der Waals surface area contributed by atoms with E-state index >= 15 is 0 Å². The lowest BCUT2D eigenvalue weighted by Crippen LogP contribution is -2.55. The molecule has 1 aromatic carbocycles. The second kappa shape index (κ2) is 7.48. The SMILES string of the molecule is Cn1ccc2cc(CNC(=O)N3CC(COc4ccc(Cl)cc4)C3)cnc21. The van der Waals surface area contributed by atoms with Gasteiger partial charge in [0.2, 0.25) is 0 Å². The number of benzene rings is 1. The minimum absolute atomic E-state index is 0.0501. The number of carbonyl (C=O) groups excluding carboxylic acids is 1. The lowest BCUT2D eigenvalue weighted by atomic mass is 10.0. The first-order valence-corrected chi connectivity index (χ1v) is 9.27. The fraction of sp³-hybridized carbons (Fsp3) is 0.300. The van der Waals surface area contributed by atoms with Gasteiger partial charge in [0.1, 0.15) is 11.4 Å². The first kappa shape index (κ1) is 17.7. The molecule has 0 saturated carbocycles. The Hall–Kier alpha value is -2.73. The van der Waals surface area contributed by atoms with Crippen LogP contribution in [-0.4, -0.2) is 40.2 Å². The van der Waals surface area contributed by atoms with Crippen LogP contribution in [0.25, 0.3) is 11.0 Å². The second-order valence-electron chi connectivity index (χ2n) is 6.88. The van der Waals surface area contributed by atoms with Crippen LogP contribution in [0, 0.1) is 5.92 Å². The van der Waals surface area contributed by atoms with Crippen molar-refractivity contribution in [3.8, 4) is 5.75 Å². The summed E-state index contributed by atoms with van der Waals surface area (Å²) in [5, 5.41) is 4.72. The van der Waals surface area contributed by atoms with E-state index in [0.717, 1.165) is 22.3 Å². The van der Waals surface area contributed by atoms with Crippen LogP contribution in [0.1, 0.15) is 5.56 Å². The maximum absolute atomic E-state index is 12.3. The van der Waals surface area contributed by atoms with Crippen molar-refractivity contribution in [2.75, 3.05) is 19.7 Å². The van der Waals surface area contributed by atoms with Crippen molar-refractivity contribution in [2.24, 2.45) is 13.0 Å². The topological polar surface area (TPSA) is 59.4 Å². The van der Waals surface area contributed by atoms with Crippen molar-refractivity contribution in [3.63, 3.8) is 0 Å². The summed E-state index contributed by atoms with van der Waals surface area (Å²) in [5.41, 5.74) is 1.93. The minimum atomic E-state index is -0.0501. The lowest BCUT2D eigenvalue weighted by Gasteiger charge is -2.38. The van der Waals surface area contributed by atoms with Gasteiger partial charge in [0, 0.05) is 55.4 Å². The third-order valence-electron chi connectivity index (χ3n) is 4.75. The molecule has 3 heterocycles. The number of halogens is 1. The molecule has 4 rings (SSSR count). The van der Waals surface area contributed by atoms with Gasteiger partial charge in [-0.1, -0.05) is 11.6 Å². The Labute approximate surface area is 162 Å². The van der Waals surface area contributed by atoms with E-state index in [1.54, 1.807) is 17.0 Å². The number of aryl methyl sites for hydroxylation is 1. The molecule has 1 fully saturated rings. The first-order valence-electron chi connectivity index (χ1n) is 8.89. The number of likely N-dealkylation sites (tertiary alicyclic amines) is 1. The monoisotopic (exact) mass is 384 g/mol. The zero-order chi connectivity index (χ0) is 18.8. The molecule has 0 atom stereocenters. The fourth-order valence-corrected chi connectivity index (χ4v) is 3.30. The summed E-state index contributed by atoms with van der Waals surface area (Å²) in [5.74, 6) is 1.15. The number of urea groups is 1. The van der Waals surface area contributed by atoms with E-state index < -0.39 is 0 Å². The molecule has 0 spiro atoms. The van der Waals surface area contributed by atoms with Crippen LogP contribution in [0.2, 0.25) is 5.02 Å². The Morgan fingerprint density at radius 2 is 2.07 bits per heavy atom. The molecule has 2 amide bonds. The predicted octanol–water partition coefficient (Wildman–Crippen LogP) is 3.45. The Bertz CT molecular complexity index is 948. The Morgan fingerprint density at radius 3 is 2.85 bits per heavy atom. The highest BCUT2D eigenvalue weighted by molar-refractivity contribution is 6.30. The van der Waals surface area contributed by atoms with E-state index in [4.69, 9.17) is 16.3 Å². The number of pyridine rings is 1.